The Morgan fingerprint density at radius 3 is 2.33 bits per heavy atom. The van der Waals surface area contributed by atoms with Crippen molar-refractivity contribution in [3.63, 3.8) is 0 Å². The molecule has 0 bridgehead atoms. The van der Waals surface area contributed by atoms with E-state index in [1.54, 1.807) is 0 Å². The topological polar surface area (TPSA) is 0 Å². The largest absolute Gasteiger partial charge is 0.0871 e. The van der Waals surface area contributed by atoms with Crippen LogP contribution < -0.4 is 0 Å². The van der Waals surface area contributed by atoms with Crippen molar-refractivity contribution < 1.29 is 0 Å². The number of hydrogen-bond donors (Lipinski definition) is 0. The highest BCUT2D eigenvalue weighted by molar-refractivity contribution is 9.13. The molecule has 0 spiro atoms. The lowest BCUT2D eigenvalue weighted by molar-refractivity contribution is 1.64. The van der Waals surface area contributed by atoms with Crippen molar-refractivity contribution in [1.82, 2.24) is 0 Å². The Kier molecular flexibility index (Phi) is 4.33. The summed E-state index contributed by atoms with van der Waals surface area (Å²) in [6.07, 6.45) is 2.01. The molecule has 0 amide bonds. The van der Waals surface area contributed by atoms with Gasteiger partial charge in [-0.15, -0.1) is 0 Å². The van der Waals surface area contributed by atoms with Gasteiger partial charge in [-0.3, -0.25) is 0 Å². The molecule has 0 atom stereocenters. The summed E-state index contributed by atoms with van der Waals surface area (Å²) in [7, 11) is 0. The van der Waals surface area contributed by atoms with E-state index in [2.05, 4.69) is 31.9 Å². The highest BCUT2D eigenvalue weighted by Crippen LogP contribution is 2.05. The smallest absolute Gasteiger partial charge is 0.0345 e. The highest BCUT2D eigenvalue weighted by atomic mass is 79.9. The zero-order valence-electron chi connectivity index (χ0n) is 3.54. The molecule has 0 aromatic heterocycles. The summed E-state index contributed by atoms with van der Waals surface area (Å²) in [4.78, 5) is 0. The van der Waals surface area contributed by atoms with Gasteiger partial charge >= 0.3 is 0 Å². The summed E-state index contributed by atoms with van der Waals surface area (Å²) < 4.78 is 1.20. The molecule has 0 rings (SSSR count). The van der Waals surface area contributed by atoms with Crippen molar-refractivity contribution in [3.05, 3.63) is 10.6 Å². The number of alkyl halides is 1. The first kappa shape index (κ1) is 6.70. The summed E-state index contributed by atoms with van der Waals surface area (Å²) in [5, 5.41) is 0.920. The van der Waals surface area contributed by atoms with E-state index in [0.29, 0.717) is 0 Å². The van der Waals surface area contributed by atoms with Gasteiger partial charge in [0.1, 0.15) is 0 Å². The van der Waals surface area contributed by atoms with E-state index in [0.717, 1.165) is 5.33 Å². The molecule has 0 saturated carbocycles. The van der Waals surface area contributed by atoms with Crippen molar-refractivity contribution in [1.29, 1.82) is 0 Å². The molecule has 6 heavy (non-hydrogen) atoms. The van der Waals surface area contributed by atoms with E-state index in [-0.39, 0.29) is 0 Å². The van der Waals surface area contributed by atoms with Gasteiger partial charge in [0.25, 0.3) is 0 Å². The second-order valence-corrected chi connectivity index (χ2v) is 2.45. The number of hydrogen-bond acceptors (Lipinski definition) is 0. The zero-order valence-corrected chi connectivity index (χ0v) is 6.71. The molecule has 2 heteroatoms. The maximum absolute atomic E-state index is 3.29. The summed E-state index contributed by atoms with van der Waals surface area (Å²) in [5.41, 5.74) is 0. The molecular formula is C4H6Br2. The summed E-state index contributed by atoms with van der Waals surface area (Å²) in [6, 6.07) is 0. The monoisotopic (exact) mass is 212 g/mol. The van der Waals surface area contributed by atoms with E-state index in [1.165, 1.54) is 4.48 Å². The van der Waals surface area contributed by atoms with E-state index < -0.39 is 0 Å². The van der Waals surface area contributed by atoms with Crippen LogP contribution >= 0.6 is 31.9 Å². The molecule has 0 unspecified atom stereocenters. The quantitative estimate of drug-likeness (QED) is 0.588. The fourth-order valence-electron chi connectivity index (χ4n) is 0.0772. The van der Waals surface area contributed by atoms with E-state index in [4.69, 9.17) is 0 Å². The first-order chi connectivity index (χ1) is 2.81. The molecule has 0 radical (unpaired) electrons. The molecule has 0 saturated heterocycles. The number of allylic oxidation sites excluding steroid dienone is 2. The Balaban J connectivity index is 3.22. The Labute approximate surface area is 54.9 Å². The highest BCUT2D eigenvalue weighted by Gasteiger charge is 1.77. The average Bonchev–Trinajstić information content (AvgIpc) is 1.65. The van der Waals surface area contributed by atoms with Crippen LogP contribution in [0.5, 0.6) is 0 Å². The molecule has 0 aliphatic carbocycles. The fourth-order valence-corrected chi connectivity index (χ4v) is 0.401. The van der Waals surface area contributed by atoms with Gasteiger partial charge in [-0.2, -0.15) is 0 Å². The van der Waals surface area contributed by atoms with E-state index in [1.807, 2.05) is 13.0 Å². The fraction of sp³-hybridized carbons (Fsp3) is 0.500. The van der Waals surface area contributed by atoms with E-state index >= 15 is 0 Å². The second-order valence-electron chi connectivity index (χ2n) is 0.869. The van der Waals surface area contributed by atoms with Crippen LogP contribution in [-0.2, 0) is 0 Å². The molecule has 0 aromatic carbocycles. The molecular weight excluding hydrogens is 208 g/mol. The molecule has 36 valence electrons. The lowest BCUT2D eigenvalue weighted by Crippen LogP contribution is -1.63. The minimum atomic E-state index is 0.920. The standard InChI is InChI=1S/C4H6Br2/c1-2-4(6)3-5/h2H,3H2,1H3. The minimum absolute atomic E-state index is 0.920. The maximum atomic E-state index is 3.29. The lowest BCUT2D eigenvalue weighted by Gasteiger charge is -1.80. The molecule has 0 aliphatic heterocycles. The molecule has 0 N–H and O–H groups in total. The zero-order chi connectivity index (χ0) is 4.99. The predicted octanol–water partition coefficient (Wildman–Crippen LogP) is 2.68. The third-order valence-electron chi connectivity index (χ3n) is 0.441. The van der Waals surface area contributed by atoms with Gasteiger partial charge in [0.15, 0.2) is 0 Å². The van der Waals surface area contributed by atoms with Crippen molar-refractivity contribution >= 4 is 31.9 Å². The Morgan fingerprint density at radius 1 is 1.83 bits per heavy atom. The van der Waals surface area contributed by atoms with Crippen LogP contribution in [0, 0.1) is 0 Å². The maximum Gasteiger partial charge on any atom is 0.0345 e. The van der Waals surface area contributed by atoms with Crippen LogP contribution in [0.1, 0.15) is 6.92 Å². The Bertz CT molecular complexity index is 56.6. The van der Waals surface area contributed by atoms with E-state index in [9.17, 15) is 0 Å². The molecule has 0 aliphatic rings. The first-order valence-electron chi connectivity index (χ1n) is 1.68. The first-order valence-corrected chi connectivity index (χ1v) is 3.59. The van der Waals surface area contributed by atoms with Crippen LogP contribution in [0.25, 0.3) is 0 Å². The molecule has 0 nitrogen and oxygen atoms in total. The van der Waals surface area contributed by atoms with Gasteiger partial charge in [0.05, 0.1) is 0 Å². The predicted molar refractivity (Wildman–Crippen MR) is 36.5 cm³/mol. The molecule has 0 aromatic rings. The minimum Gasteiger partial charge on any atom is -0.0871 e. The average molecular weight is 214 g/mol. The van der Waals surface area contributed by atoms with Gasteiger partial charge < -0.3 is 0 Å². The SMILES string of the molecule is CC=C(Br)CBr. The summed E-state index contributed by atoms with van der Waals surface area (Å²) in [6.45, 7) is 1.99. The molecule has 0 heterocycles. The van der Waals surface area contributed by atoms with Crippen LogP contribution in [0.15, 0.2) is 10.6 Å². The van der Waals surface area contributed by atoms with Gasteiger partial charge in [0.2, 0.25) is 0 Å². The number of halogens is 2. The third-order valence-corrected chi connectivity index (χ3v) is 2.54. The lowest BCUT2D eigenvalue weighted by atomic mass is 10.6. The van der Waals surface area contributed by atoms with Crippen LogP contribution in [0.2, 0.25) is 0 Å². The summed E-state index contributed by atoms with van der Waals surface area (Å²) in [5.74, 6) is 0. The third kappa shape index (κ3) is 2.91. The van der Waals surface area contributed by atoms with Crippen LogP contribution in [-0.4, -0.2) is 5.33 Å². The van der Waals surface area contributed by atoms with Gasteiger partial charge in [0, 0.05) is 9.81 Å². The second kappa shape index (κ2) is 3.88. The van der Waals surface area contributed by atoms with Gasteiger partial charge in [-0.25, -0.2) is 0 Å². The van der Waals surface area contributed by atoms with Crippen LogP contribution in [0.3, 0.4) is 0 Å². The van der Waals surface area contributed by atoms with Crippen LogP contribution in [0.4, 0.5) is 0 Å². The van der Waals surface area contributed by atoms with Crippen molar-refractivity contribution in [2.24, 2.45) is 0 Å². The van der Waals surface area contributed by atoms with Gasteiger partial charge in [-0.05, 0) is 6.92 Å². The van der Waals surface area contributed by atoms with Crippen molar-refractivity contribution in [3.8, 4) is 0 Å². The normalized spacial score (nSPS) is 12.2. The van der Waals surface area contributed by atoms with Crippen molar-refractivity contribution in [2.45, 2.75) is 6.92 Å². The Hall–Kier alpha value is 0.700. The molecule has 0 fully saturated rings. The van der Waals surface area contributed by atoms with Gasteiger partial charge in [-0.1, -0.05) is 37.9 Å². The Morgan fingerprint density at radius 2 is 2.33 bits per heavy atom. The summed E-state index contributed by atoms with van der Waals surface area (Å²) >= 11 is 6.55. The van der Waals surface area contributed by atoms with Crippen molar-refractivity contribution in [2.75, 3.05) is 5.33 Å². The number of rotatable bonds is 1.